The number of aliphatic carboxylic acids is 1. The van der Waals surface area contributed by atoms with Gasteiger partial charge in [0, 0.05) is 18.6 Å². The molecule has 1 N–H and O–H groups in total. The standard InChI is InChI=1S/C13H15NO2/c1-8-4-5-11-10(6-12(15)16)7-14(3)13(11)9(8)2/h4-5,7H,6H2,1-3H3,(H,15,16). The first kappa shape index (κ1) is 10.7. The van der Waals surface area contributed by atoms with Crippen molar-refractivity contribution in [3.63, 3.8) is 0 Å². The largest absolute Gasteiger partial charge is 0.481 e. The van der Waals surface area contributed by atoms with E-state index in [1.807, 2.05) is 29.9 Å². The van der Waals surface area contributed by atoms with Gasteiger partial charge in [-0.2, -0.15) is 0 Å². The van der Waals surface area contributed by atoms with Crippen molar-refractivity contribution in [3.8, 4) is 0 Å². The quantitative estimate of drug-likeness (QED) is 0.839. The number of aryl methyl sites for hydroxylation is 3. The van der Waals surface area contributed by atoms with Gasteiger partial charge >= 0.3 is 5.97 Å². The van der Waals surface area contributed by atoms with Crippen molar-refractivity contribution in [2.24, 2.45) is 7.05 Å². The van der Waals surface area contributed by atoms with Gasteiger partial charge in [0.25, 0.3) is 0 Å². The molecule has 3 heteroatoms. The van der Waals surface area contributed by atoms with Crippen LogP contribution in [0.25, 0.3) is 10.9 Å². The summed E-state index contributed by atoms with van der Waals surface area (Å²) in [7, 11) is 1.96. The Morgan fingerprint density at radius 2 is 2.06 bits per heavy atom. The number of hydrogen-bond donors (Lipinski definition) is 1. The summed E-state index contributed by atoms with van der Waals surface area (Å²) in [5, 5.41) is 9.90. The van der Waals surface area contributed by atoms with Crippen molar-refractivity contribution in [2.75, 3.05) is 0 Å². The smallest absolute Gasteiger partial charge is 0.307 e. The number of benzene rings is 1. The molecule has 1 aromatic heterocycles. The van der Waals surface area contributed by atoms with E-state index in [1.165, 1.54) is 11.1 Å². The number of hydrogen-bond acceptors (Lipinski definition) is 1. The monoisotopic (exact) mass is 217 g/mol. The zero-order chi connectivity index (χ0) is 11.9. The topological polar surface area (TPSA) is 42.2 Å². The number of rotatable bonds is 2. The fourth-order valence-corrected chi connectivity index (χ4v) is 2.19. The van der Waals surface area contributed by atoms with Crippen LogP contribution in [0.4, 0.5) is 0 Å². The predicted molar refractivity (Wildman–Crippen MR) is 63.7 cm³/mol. The molecule has 0 spiro atoms. The second kappa shape index (κ2) is 3.67. The zero-order valence-electron chi connectivity index (χ0n) is 9.74. The Morgan fingerprint density at radius 3 is 2.69 bits per heavy atom. The lowest BCUT2D eigenvalue weighted by molar-refractivity contribution is -0.136. The molecule has 2 aromatic rings. The molecule has 0 unspecified atom stereocenters. The van der Waals surface area contributed by atoms with Crippen LogP contribution in [0.1, 0.15) is 16.7 Å². The van der Waals surface area contributed by atoms with Gasteiger partial charge in [0.1, 0.15) is 0 Å². The third-order valence-corrected chi connectivity index (χ3v) is 3.09. The van der Waals surface area contributed by atoms with Crippen LogP contribution in [-0.2, 0) is 18.3 Å². The maximum atomic E-state index is 10.8. The molecular formula is C13H15NO2. The Kier molecular flexibility index (Phi) is 2.46. The minimum atomic E-state index is -0.786. The summed E-state index contributed by atoms with van der Waals surface area (Å²) < 4.78 is 2.01. The lowest BCUT2D eigenvalue weighted by Gasteiger charge is -2.04. The van der Waals surface area contributed by atoms with Crippen LogP contribution in [0.15, 0.2) is 18.3 Å². The molecule has 0 saturated heterocycles. The summed E-state index contributed by atoms with van der Waals surface area (Å²) in [5.74, 6) is -0.786. The number of nitrogens with zero attached hydrogens (tertiary/aromatic N) is 1. The molecule has 84 valence electrons. The molecule has 16 heavy (non-hydrogen) atoms. The van der Waals surface area contributed by atoms with Crippen LogP contribution >= 0.6 is 0 Å². The summed E-state index contributed by atoms with van der Waals surface area (Å²) in [6.07, 6.45) is 1.99. The molecule has 0 atom stereocenters. The first-order chi connectivity index (χ1) is 7.50. The van der Waals surface area contributed by atoms with E-state index >= 15 is 0 Å². The highest BCUT2D eigenvalue weighted by molar-refractivity contribution is 5.90. The molecule has 2 rings (SSSR count). The van der Waals surface area contributed by atoms with Gasteiger partial charge < -0.3 is 9.67 Å². The van der Waals surface area contributed by atoms with Crippen LogP contribution < -0.4 is 0 Å². The predicted octanol–water partition coefficient (Wildman–Crippen LogP) is 2.42. The third kappa shape index (κ3) is 1.58. The molecule has 0 amide bonds. The lowest BCUT2D eigenvalue weighted by atomic mass is 10.0. The SMILES string of the molecule is Cc1ccc2c(CC(=O)O)cn(C)c2c1C. The normalized spacial score (nSPS) is 10.9. The van der Waals surface area contributed by atoms with Gasteiger partial charge in [0.2, 0.25) is 0 Å². The van der Waals surface area contributed by atoms with Gasteiger partial charge in [-0.25, -0.2) is 0 Å². The van der Waals surface area contributed by atoms with E-state index in [1.54, 1.807) is 0 Å². The molecule has 0 fully saturated rings. The summed E-state index contributed by atoms with van der Waals surface area (Å²) in [4.78, 5) is 10.8. The van der Waals surface area contributed by atoms with E-state index in [2.05, 4.69) is 13.8 Å². The number of carbonyl (C=O) groups is 1. The van der Waals surface area contributed by atoms with E-state index in [0.717, 1.165) is 16.5 Å². The average molecular weight is 217 g/mol. The van der Waals surface area contributed by atoms with Crippen LogP contribution in [0.5, 0.6) is 0 Å². The summed E-state index contributed by atoms with van der Waals surface area (Å²) in [6, 6.07) is 4.05. The lowest BCUT2D eigenvalue weighted by Crippen LogP contribution is -1.98. The van der Waals surface area contributed by atoms with Gasteiger partial charge in [-0.1, -0.05) is 12.1 Å². The van der Waals surface area contributed by atoms with Crippen LogP contribution in [-0.4, -0.2) is 15.6 Å². The number of fused-ring (bicyclic) bond motifs is 1. The summed E-state index contributed by atoms with van der Waals surface area (Å²) in [5.41, 5.74) is 4.47. The van der Waals surface area contributed by atoms with Gasteiger partial charge in [-0.15, -0.1) is 0 Å². The average Bonchev–Trinajstić information content (AvgIpc) is 2.49. The Morgan fingerprint density at radius 1 is 1.38 bits per heavy atom. The molecule has 0 radical (unpaired) electrons. The number of aromatic nitrogens is 1. The first-order valence-corrected chi connectivity index (χ1v) is 5.26. The minimum Gasteiger partial charge on any atom is -0.481 e. The Hall–Kier alpha value is -1.77. The Bertz CT molecular complexity index is 567. The molecule has 1 heterocycles. The molecule has 0 bridgehead atoms. The maximum absolute atomic E-state index is 10.8. The second-order valence-corrected chi connectivity index (χ2v) is 4.24. The summed E-state index contributed by atoms with van der Waals surface area (Å²) >= 11 is 0. The first-order valence-electron chi connectivity index (χ1n) is 5.26. The molecular weight excluding hydrogens is 202 g/mol. The number of carboxylic acid groups (broad SMARTS) is 1. The van der Waals surface area contributed by atoms with E-state index in [0.29, 0.717) is 0 Å². The molecule has 1 aromatic carbocycles. The van der Waals surface area contributed by atoms with Crippen molar-refractivity contribution in [3.05, 3.63) is 35.0 Å². The van der Waals surface area contributed by atoms with E-state index in [4.69, 9.17) is 5.11 Å². The molecule has 0 aliphatic carbocycles. The van der Waals surface area contributed by atoms with Gasteiger partial charge in [0.15, 0.2) is 0 Å². The van der Waals surface area contributed by atoms with Gasteiger partial charge in [-0.3, -0.25) is 4.79 Å². The fraction of sp³-hybridized carbons (Fsp3) is 0.308. The molecule has 3 nitrogen and oxygen atoms in total. The van der Waals surface area contributed by atoms with Gasteiger partial charge in [-0.05, 0) is 30.5 Å². The molecule has 0 aliphatic rings. The van der Waals surface area contributed by atoms with Crippen LogP contribution in [0.2, 0.25) is 0 Å². The fourth-order valence-electron chi connectivity index (χ4n) is 2.19. The van der Waals surface area contributed by atoms with Crippen molar-refractivity contribution in [2.45, 2.75) is 20.3 Å². The highest BCUT2D eigenvalue weighted by Gasteiger charge is 2.12. The van der Waals surface area contributed by atoms with Crippen LogP contribution in [0.3, 0.4) is 0 Å². The maximum Gasteiger partial charge on any atom is 0.307 e. The highest BCUT2D eigenvalue weighted by atomic mass is 16.4. The number of carboxylic acids is 1. The van der Waals surface area contributed by atoms with Crippen molar-refractivity contribution >= 4 is 16.9 Å². The minimum absolute atomic E-state index is 0.0832. The highest BCUT2D eigenvalue weighted by Crippen LogP contribution is 2.26. The van der Waals surface area contributed by atoms with E-state index in [9.17, 15) is 4.79 Å². The van der Waals surface area contributed by atoms with Crippen LogP contribution in [0, 0.1) is 13.8 Å². The van der Waals surface area contributed by atoms with Crippen molar-refractivity contribution in [1.82, 2.24) is 4.57 Å². The third-order valence-electron chi connectivity index (χ3n) is 3.09. The molecule has 0 saturated carbocycles. The van der Waals surface area contributed by atoms with Crippen molar-refractivity contribution < 1.29 is 9.90 Å². The zero-order valence-corrected chi connectivity index (χ0v) is 9.74. The Balaban J connectivity index is 2.72. The van der Waals surface area contributed by atoms with Crippen molar-refractivity contribution in [1.29, 1.82) is 0 Å². The van der Waals surface area contributed by atoms with E-state index in [-0.39, 0.29) is 6.42 Å². The van der Waals surface area contributed by atoms with E-state index < -0.39 is 5.97 Å². The summed E-state index contributed by atoms with van der Waals surface area (Å²) in [6.45, 7) is 4.14. The molecule has 0 aliphatic heterocycles. The van der Waals surface area contributed by atoms with Gasteiger partial charge in [0.05, 0.1) is 11.9 Å². The second-order valence-electron chi connectivity index (χ2n) is 4.24. The Labute approximate surface area is 94.3 Å².